The monoisotopic (exact) mass is 386 g/mol. The molecule has 1 aromatic carbocycles. The maximum absolute atomic E-state index is 13.7. The highest BCUT2D eigenvalue weighted by Gasteiger charge is 2.33. The normalized spacial score (nSPS) is 18.8. The van der Waals surface area contributed by atoms with Crippen LogP contribution in [0.1, 0.15) is 40.2 Å². The fourth-order valence-corrected chi connectivity index (χ4v) is 3.85. The molecule has 1 aromatic heterocycles. The molecule has 2 aliphatic rings. The second kappa shape index (κ2) is 8.10. The molecule has 148 valence electrons. The van der Waals surface area contributed by atoms with E-state index in [4.69, 9.17) is 4.74 Å². The van der Waals surface area contributed by atoms with Gasteiger partial charge in [0.2, 0.25) is 5.91 Å². The maximum Gasteiger partial charge on any atom is 0.275 e. The highest BCUT2D eigenvalue weighted by atomic mass is 19.1. The van der Waals surface area contributed by atoms with Crippen molar-refractivity contribution in [2.75, 3.05) is 19.8 Å². The molecule has 0 radical (unpaired) electrons. The molecular formula is C20H23FN4O3. The van der Waals surface area contributed by atoms with Crippen LogP contribution in [0.5, 0.6) is 0 Å². The van der Waals surface area contributed by atoms with E-state index in [9.17, 15) is 14.0 Å². The third-order valence-corrected chi connectivity index (χ3v) is 5.35. The minimum absolute atomic E-state index is 0.104. The van der Waals surface area contributed by atoms with Gasteiger partial charge in [-0.05, 0) is 25.3 Å². The summed E-state index contributed by atoms with van der Waals surface area (Å²) >= 11 is 0. The Kier molecular flexibility index (Phi) is 5.38. The Morgan fingerprint density at radius 2 is 2.18 bits per heavy atom. The van der Waals surface area contributed by atoms with E-state index in [1.807, 2.05) is 0 Å². The number of carbonyl (C=O) groups excluding carboxylic acids is 2. The van der Waals surface area contributed by atoms with Gasteiger partial charge in [0.05, 0.1) is 19.3 Å². The van der Waals surface area contributed by atoms with Crippen LogP contribution in [0.4, 0.5) is 4.39 Å². The van der Waals surface area contributed by atoms with Crippen molar-refractivity contribution in [2.45, 2.75) is 38.3 Å². The molecule has 8 heteroatoms. The van der Waals surface area contributed by atoms with Crippen LogP contribution in [0, 0.1) is 5.82 Å². The molecule has 4 rings (SSSR count). The quantitative estimate of drug-likeness (QED) is 0.817. The molecule has 7 nitrogen and oxygen atoms in total. The molecule has 2 aromatic rings. The van der Waals surface area contributed by atoms with E-state index in [-0.39, 0.29) is 36.6 Å². The number of ether oxygens (including phenoxy) is 1. The van der Waals surface area contributed by atoms with Gasteiger partial charge in [-0.2, -0.15) is 5.10 Å². The fourth-order valence-electron chi connectivity index (χ4n) is 3.85. The Bertz CT molecular complexity index is 882. The Balaban J connectivity index is 1.40. The van der Waals surface area contributed by atoms with Crippen molar-refractivity contribution in [3.63, 3.8) is 0 Å². The van der Waals surface area contributed by atoms with Gasteiger partial charge >= 0.3 is 0 Å². The number of hydrogen-bond acceptors (Lipinski definition) is 4. The second-order valence-electron chi connectivity index (χ2n) is 7.18. The summed E-state index contributed by atoms with van der Waals surface area (Å²) in [5.41, 5.74) is 2.93. The number of carbonyl (C=O) groups is 2. The van der Waals surface area contributed by atoms with Crippen LogP contribution in [-0.2, 0) is 28.9 Å². The van der Waals surface area contributed by atoms with Crippen LogP contribution in [0.2, 0.25) is 0 Å². The van der Waals surface area contributed by atoms with E-state index in [2.05, 4.69) is 15.5 Å². The van der Waals surface area contributed by atoms with Gasteiger partial charge in [-0.25, -0.2) is 4.39 Å². The average Bonchev–Trinajstić information content (AvgIpc) is 3.31. The molecule has 1 fully saturated rings. The number of amides is 2. The average molecular weight is 386 g/mol. The summed E-state index contributed by atoms with van der Waals surface area (Å²) in [5.74, 6) is -0.758. The van der Waals surface area contributed by atoms with Gasteiger partial charge in [-0.3, -0.25) is 14.7 Å². The van der Waals surface area contributed by atoms with Gasteiger partial charge in [0.1, 0.15) is 5.82 Å². The number of fused-ring (bicyclic) bond motifs is 1. The van der Waals surface area contributed by atoms with Crippen LogP contribution in [-0.4, -0.2) is 52.7 Å². The summed E-state index contributed by atoms with van der Waals surface area (Å²) < 4.78 is 19.2. The topological polar surface area (TPSA) is 87.3 Å². The lowest BCUT2D eigenvalue weighted by Crippen LogP contribution is -2.50. The van der Waals surface area contributed by atoms with E-state index in [0.717, 1.165) is 30.5 Å². The molecule has 1 atom stereocenters. The first-order valence-electron chi connectivity index (χ1n) is 9.58. The number of benzene rings is 1. The predicted octanol–water partition coefficient (Wildman–Crippen LogP) is 1.59. The molecule has 1 aliphatic heterocycles. The molecule has 1 saturated heterocycles. The Morgan fingerprint density at radius 1 is 1.32 bits per heavy atom. The van der Waals surface area contributed by atoms with E-state index in [0.29, 0.717) is 31.0 Å². The number of aromatic amines is 1. The van der Waals surface area contributed by atoms with E-state index in [1.54, 1.807) is 23.1 Å². The van der Waals surface area contributed by atoms with Crippen molar-refractivity contribution in [3.8, 4) is 0 Å². The number of aromatic nitrogens is 2. The van der Waals surface area contributed by atoms with Crippen LogP contribution >= 0.6 is 0 Å². The highest BCUT2D eigenvalue weighted by Crippen LogP contribution is 2.25. The summed E-state index contributed by atoms with van der Waals surface area (Å²) in [6.07, 6.45) is 2.90. The number of nitrogens with zero attached hydrogens (tertiary/aromatic N) is 2. The molecule has 0 saturated carbocycles. The lowest BCUT2D eigenvalue weighted by Gasteiger charge is -2.35. The van der Waals surface area contributed by atoms with Crippen LogP contribution in [0.15, 0.2) is 24.3 Å². The van der Waals surface area contributed by atoms with Crippen molar-refractivity contribution in [1.82, 2.24) is 20.4 Å². The van der Waals surface area contributed by atoms with Crippen molar-refractivity contribution in [1.29, 1.82) is 0 Å². The highest BCUT2D eigenvalue weighted by molar-refractivity contribution is 5.94. The van der Waals surface area contributed by atoms with Crippen molar-refractivity contribution in [3.05, 3.63) is 52.6 Å². The third-order valence-electron chi connectivity index (χ3n) is 5.35. The third kappa shape index (κ3) is 3.77. The molecule has 0 spiro atoms. The number of aryl methyl sites for hydroxylation is 1. The van der Waals surface area contributed by atoms with Gasteiger partial charge in [0, 0.05) is 36.3 Å². The minimum Gasteiger partial charge on any atom is -0.377 e. The fraction of sp³-hybridized carbons (Fsp3) is 0.450. The van der Waals surface area contributed by atoms with Gasteiger partial charge < -0.3 is 15.0 Å². The lowest BCUT2D eigenvalue weighted by atomic mass is 10.1. The van der Waals surface area contributed by atoms with Crippen molar-refractivity contribution >= 4 is 11.8 Å². The minimum atomic E-state index is -0.365. The standard InChI is InChI=1S/C20H23FN4O3/c21-16-6-2-1-4-13(16)11-22-18(26)10-14-12-28-9-8-25(14)20(27)19-15-5-3-7-17(15)23-24-19/h1-2,4,6,14H,3,5,7-12H2,(H,22,26)(H,23,24)/t14-/m0/s1. The smallest absolute Gasteiger partial charge is 0.275 e. The molecule has 28 heavy (non-hydrogen) atoms. The predicted molar refractivity (Wildman–Crippen MR) is 99.1 cm³/mol. The van der Waals surface area contributed by atoms with E-state index < -0.39 is 0 Å². The van der Waals surface area contributed by atoms with Crippen molar-refractivity contribution < 1.29 is 18.7 Å². The molecule has 2 heterocycles. The number of nitrogens with one attached hydrogen (secondary N) is 2. The van der Waals surface area contributed by atoms with E-state index >= 15 is 0 Å². The Labute approximate surface area is 162 Å². The first kappa shape index (κ1) is 18.6. The van der Waals surface area contributed by atoms with Crippen LogP contribution < -0.4 is 5.32 Å². The van der Waals surface area contributed by atoms with Gasteiger partial charge in [0.25, 0.3) is 5.91 Å². The summed E-state index contributed by atoms with van der Waals surface area (Å²) in [4.78, 5) is 27.1. The van der Waals surface area contributed by atoms with Crippen molar-refractivity contribution in [2.24, 2.45) is 0 Å². The van der Waals surface area contributed by atoms with E-state index in [1.165, 1.54) is 6.07 Å². The largest absolute Gasteiger partial charge is 0.377 e. The Morgan fingerprint density at radius 3 is 3.04 bits per heavy atom. The molecular weight excluding hydrogens is 363 g/mol. The molecule has 0 bridgehead atoms. The lowest BCUT2D eigenvalue weighted by molar-refractivity contribution is -0.123. The first-order chi connectivity index (χ1) is 13.6. The summed E-state index contributed by atoms with van der Waals surface area (Å²) in [7, 11) is 0. The summed E-state index contributed by atoms with van der Waals surface area (Å²) in [5, 5.41) is 9.90. The number of halogens is 1. The first-order valence-corrected chi connectivity index (χ1v) is 9.58. The van der Waals surface area contributed by atoms with Crippen LogP contribution in [0.3, 0.4) is 0 Å². The summed E-state index contributed by atoms with van der Waals surface area (Å²) in [6.45, 7) is 1.27. The molecule has 2 amide bonds. The maximum atomic E-state index is 13.7. The Hall–Kier alpha value is -2.74. The summed E-state index contributed by atoms with van der Waals surface area (Å²) in [6, 6.07) is 5.96. The molecule has 2 N–H and O–H groups in total. The second-order valence-corrected chi connectivity index (χ2v) is 7.18. The molecule has 1 aliphatic carbocycles. The zero-order valence-corrected chi connectivity index (χ0v) is 15.5. The number of rotatable bonds is 5. The van der Waals surface area contributed by atoms with Crippen LogP contribution in [0.25, 0.3) is 0 Å². The van der Waals surface area contributed by atoms with Gasteiger partial charge in [-0.1, -0.05) is 18.2 Å². The van der Waals surface area contributed by atoms with Gasteiger partial charge in [-0.15, -0.1) is 0 Å². The van der Waals surface area contributed by atoms with Gasteiger partial charge in [0.15, 0.2) is 5.69 Å². The number of H-pyrrole nitrogens is 1. The number of morpholine rings is 1. The molecule has 0 unspecified atom stereocenters. The zero-order chi connectivity index (χ0) is 19.5. The zero-order valence-electron chi connectivity index (χ0n) is 15.5. The number of hydrogen-bond donors (Lipinski definition) is 2. The SMILES string of the molecule is O=C(C[C@H]1COCCN1C(=O)c1n[nH]c2c1CCC2)NCc1ccccc1F.